The van der Waals surface area contributed by atoms with Crippen LogP contribution in [0.5, 0.6) is 23.0 Å². The molecule has 2 atom stereocenters. The van der Waals surface area contributed by atoms with Crippen LogP contribution in [0.4, 0.5) is 5.69 Å². The molecule has 0 fully saturated rings. The van der Waals surface area contributed by atoms with Crippen LogP contribution < -0.4 is 24.3 Å². The molecule has 0 saturated heterocycles. The fourth-order valence-corrected chi connectivity index (χ4v) is 3.78. The molecule has 7 heteroatoms. The van der Waals surface area contributed by atoms with Crippen LogP contribution in [-0.4, -0.2) is 33.5 Å². The Labute approximate surface area is 197 Å². The van der Waals surface area contributed by atoms with Gasteiger partial charge in [-0.15, -0.1) is 0 Å². The van der Waals surface area contributed by atoms with Crippen molar-refractivity contribution in [2.24, 2.45) is 0 Å². The van der Waals surface area contributed by atoms with Gasteiger partial charge >= 0.3 is 0 Å². The molecule has 0 aliphatic carbocycles. The molecule has 2 unspecified atom stereocenters. The summed E-state index contributed by atoms with van der Waals surface area (Å²) in [5.41, 5.74) is 2.64. The second kappa shape index (κ2) is 11.1. The van der Waals surface area contributed by atoms with E-state index < -0.39 is 6.10 Å². The van der Waals surface area contributed by atoms with E-state index in [9.17, 15) is 5.11 Å². The Kier molecular flexibility index (Phi) is 8.25. The number of benzene rings is 3. The highest BCUT2D eigenvalue weighted by atomic mass is 79.9. The van der Waals surface area contributed by atoms with E-state index in [1.807, 2.05) is 48.5 Å². The van der Waals surface area contributed by atoms with Crippen LogP contribution in [0.25, 0.3) is 0 Å². The third kappa shape index (κ3) is 5.66. The summed E-state index contributed by atoms with van der Waals surface area (Å²) in [6.07, 6.45) is -0.322. The van der Waals surface area contributed by atoms with Crippen molar-refractivity contribution in [3.63, 3.8) is 0 Å². The van der Waals surface area contributed by atoms with Gasteiger partial charge in [0.1, 0.15) is 0 Å². The first kappa shape index (κ1) is 23.8. The summed E-state index contributed by atoms with van der Waals surface area (Å²) >= 11 is 3.47. The van der Waals surface area contributed by atoms with E-state index in [1.54, 1.807) is 40.6 Å². The van der Waals surface area contributed by atoms with Gasteiger partial charge in [-0.2, -0.15) is 0 Å². The molecule has 6 nitrogen and oxygen atoms in total. The van der Waals surface area contributed by atoms with Crippen LogP contribution in [0.1, 0.15) is 29.7 Å². The first-order valence-corrected chi connectivity index (χ1v) is 10.9. The van der Waals surface area contributed by atoms with Gasteiger partial charge in [0.05, 0.1) is 40.6 Å². The number of rotatable bonds is 10. The molecule has 2 N–H and O–H groups in total. The van der Waals surface area contributed by atoms with Crippen molar-refractivity contribution in [3.05, 3.63) is 76.3 Å². The number of halogens is 1. The first-order valence-electron chi connectivity index (χ1n) is 10.1. The smallest absolute Gasteiger partial charge is 0.161 e. The Morgan fingerprint density at radius 1 is 0.719 bits per heavy atom. The zero-order valence-corrected chi connectivity index (χ0v) is 20.2. The van der Waals surface area contributed by atoms with Gasteiger partial charge in [-0.25, -0.2) is 0 Å². The predicted octanol–water partition coefficient (Wildman–Crippen LogP) is 5.76. The molecule has 0 spiro atoms. The van der Waals surface area contributed by atoms with Crippen LogP contribution in [0.2, 0.25) is 0 Å². The van der Waals surface area contributed by atoms with Crippen molar-refractivity contribution >= 4 is 21.6 Å². The van der Waals surface area contributed by atoms with E-state index in [4.69, 9.17) is 18.9 Å². The van der Waals surface area contributed by atoms with Crippen molar-refractivity contribution in [3.8, 4) is 23.0 Å². The number of hydrogen-bond acceptors (Lipinski definition) is 6. The summed E-state index contributed by atoms with van der Waals surface area (Å²) < 4.78 is 22.6. The summed E-state index contributed by atoms with van der Waals surface area (Å²) in [5.74, 6) is 2.48. The van der Waals surface area contributed by atoms with E-state index in [-0.39, 0.29) is 6.04 Å². The molecule has 0 saturated carbocycles. The first-order chi connectivity index (χ1) is 15.5. The summed E-state index contributed by atoms with van der Waals surface area (Å²) in [7, 11) is 6.38. The van der Waals surface area contributed by atoms with Crippen molar-refractivity contribution < 1.29 is 24.1 Å². The number of methoxy groups -OCH3 is 4. The molecule has 3 aromatic carbocycles. The monoisotopic (exact) mass is 501 g/mol. The predicted molar refractivity (Wildman–Crippen MR) is 129 cm³/mol. The number of aliphatic hydroxyl groups is 1. The molecule has 0 bridgehead atoms. The van der Waals surface area contributed by atoms with E-state index in [2.05, 4.69) is 21.2 Å². The molecule has 3 rings (SSSR count). The van der Waals surface area contributed by atoms with E-state index in [1.165, 1.54) is 0 Å². The second-order valence-electron chi connectivity index (χ2n) is 7.18. The Bertz CT molecular complexity index is 1030. The van der Waals surface area contributed by atoms with Gasteiger partial charge in [0.25, 0.3) is 0 Å². The second-order valence-corrected chi connectivity index (χ2v) is 8.10. The SMILES string of the molecule is COc1ccc(C(O)CC(Nc2ccc(Br)cc2)c2ccc(OC)c(OC)c2)cc1OC. The number of nitrogens with one attached hydrogen (secondary N) is 1. The summed E-state index contributed by atoms with van der Waals surface area (Å²) in [4.78, 5) is 0. The van der Waals surface area contributed by atoms with Crippen LogP contribution >= 0.6 is 15.9 Å². The van der Waals surface area contributed by atoms with Crippen LogP contribution in [0, 0.1) is 0 Å². The van der Waals surface area contributed by atoms with Crippen molar-refractivity contribution in [2.75, 3.05) is 33.8 Å². The lowest BCUT2D eigenvalue weighted by Crippen LogP contribution is -2.15. The molecule has 3 aromatic rings. The summed E-state index contributed by atoms with van der Waals surface area (Å²) in [5, 5.41) is 14.6. The van der Waals surface area contributed by atoms with Gasteiger partial charge in [0.2, 0.25) is 0 Å². The lowest BCUT2D eigenvalue weighted by atomic mass is 9.95. The molecule has 0 amide bonds. The van der Waals surface area contributed by atoms with Crippen LogP contribution in [0.15, 0.2) is 65.1 Å². The standard InChI is InChI=1S/C25H28BrNO5/c1-29-22-11-5-16(13-24(22)31-3)20(27-19-9-7-18(26)8-10-19)15-21(28)17-6-12-23(30-2)25(14-17)32-4/h5-14,20-21,27-28H,15H2,1-4H3. The van der Waals surface area contributed by atoms with Gasteiger partial charge in [-0.1, -0.05) is 28.1 Å². The van der Waals surface area contributed by atoms with Crippen molar-refractivity contribution in [2.45, 2.75) is 18.6 Å². The topological polar surface area (TPSA) is 69.2 Å². The highest BCUT2D eigenvalue weighted by Gasteiger charge is 2.21. The molecule has 0 aromatic heterocycles. The van der Waals surface area contributed by atoms with Crippen LogP contribution in [-0.2, 0) is 0 Å². The zero-order chi connectivity index (χ0) is 23.1. The van der Waals surface area contributed by atoms with Gasteiger partial charge < -0.3 is 29.4 Å². The lowest BCUT2D eigenvalue weighted by molar-refractivity contribution is 0.160. The number of anilines is 1. The quantitative estimate of drug-likeness (QED) is 0.368. The number of hydrogen-bond donors (Lipinski definition) is 2. The lowest BCUT2D eigenvalue weighted by Gasteiger charge is -2.25. The fourth-order valence-electron chi connectivity index (χ4n) is 3.51. The van der Waals surface area contributed by atoms with Crippen molar-refractivity contribution in [1.29, 1.82) is 0 Å². The average Bonchev–Trinajstić information content (AvgIpc) is 2.83. The summed E-state index contributed by atoms with van der Waals surface area (Å²) in [6, 6.07) is 18.9. The average molecular weight is 502 g/mol. The minimum absolute atomic E-state index is 0.195. The Hall–Kier alpha value is -2.90. The maximum absolute atomic E-state index is 11.1. The maximum atomic E-state index is 11.1. The van der Waals surface area contributed by atoms with E-state index in [0.717, 1.165) is 21.3 Å². The molecule has 0 aliphatic rings. The highest BCUT2D eigenvalue weighted by molar-refractivity contribution is 9.10. The van der Waals surface area contributed by atoms with Crippen LogP contribution in [0.3, 0.4) is 0 Å². The molecule has 32 heavy (non-hydrogen) atoms. The molecular weight excluding hydrogens is 474 g/mol. The van der Waals surface area contributed by atoms with Gasteiger partial charge in [0.15, 0.2) is 23.0 Å². The van der Waals surface area contributed by atoms with E-state index >= 15 is 0 Å². The maximum Gasteiger partial charge on any atom is 0.161 e. The van der Waals surface area contributed by atoms with Crippen molar-refractivity contribution in [1.82, 2.24) is 0 Å². The third-order valence-corrected chi connectivity index (χ3v) is 5.78. The Balaban J connectivity index is 1.92. The molecule has 170 valence electrons. The Morgan fingerprint density at radius 3 is 1.75 bits per heavy atom. The van der Waals surface area contributed by atoms with Gasteiger partial charge in [0, 0.05) is 16.6 Å². The number of ether oxygens (including phenoxy) is 4. The van der Waals surface area contributed by atoms with E-state index in [0.29, 0.717) is 29.4 Å². The fraction of sp³-hybridized carbons (Fsp3) is 0.280. The highest BCUT2D eigenvalue weighted by Crippen LogP contribution is 2.37. The zero-order valence-electron chi connectivity index (χ0n) is 18.6. The van der Waals surface area contributed by atoms with Gasteiger partial charge in [-0.3, -0.25) is 0 Å². The summed E-state index contributed by atoms with van der Waals surface area (Å²) in [6.45, 7) is 0. The minimum Gasteiger partial charge on any atom is -0.493 e. The molecule has 0 aliphatic heterocycles. The minimum atomic E-state index is -0.740. The molecule has 0 heterocycles. The third-order valence-electron chi connectivity index (χ3n) is 5.25. The number of aliphatic hydroxyl groups excluding tert-OH is 1. The molecular formula is C25H28BrNO5. The molecule has 0 radical (unpaired) electrons. The van der Waals surface area contributed by atoms with Gasteiger partial charge in [-0.05, 0) is 59.7 Å². The Morgan fingerprint density at radius 2 is 1.22 bits per heavy atom. The normalized spacial score (nSPS) is 12.6. The largest absolute Gasteiger partial charge is 0.493 e.